The monoisotopic (exact) mass is 808 g/mol. The van der Waals surface area contributed by atoms with Crippen LogP contribution in [0.3, 0.4) is 0 Å². The fraction of sp³-hybridized carbons (Fsp3) is 0.455. The molecule has 2 atom stereocenters. The molecule has 58 heavy (non-hydrogen) atoms. The van der Waals surface area contributed by atoms with Crippen LogP contribution in [0.4, 0.5) is 0 Å². The van der Waals surface area contributed by atoms with E-state index in [1.54, 1.807) is 10.9 Å². The lowest BCUT2D eigenvalue weighted by atomic mass is 9.75. The minimum absolute atomic E-state index is 0.00800. The van der Waals surface area contributed by atoms with Crippen LogP contribution in [-0.4, -0.2) is 16.4 Å². The molecule has 306 valence electrons. The van der Waals surface area contributed by atoms with E-state index in [4.69, 9.17) is 4.98 Å². The van der Waals surface area contributed by atoms with Gasteiger partial charge in [0.25, 0.3) is 0 Å². The predicted molar refractivity (Wildman–Crippen MR) is 260 cm³/mol. The molecule has 0 N–H and O–H groups in total. The van der Waals surface area contributed by atoms with Gasteiger partial charge in [0, 0.05) is 10.6 Å². The van der Waals surface area contributed by atoms with E-state index in [9.17, 15) is 0 Å². The highest BCUT2D eigenvalue weighted by Crippen LogP contribution is 2.63. The molecule has 0 saturated carbocycles. The first-order valence-electron chi connectivity index (χ1n) is 21.5. The molecule has 1 aromatic heterocycles. The Kier molecular flexibility index (Phi) is 11.9. The fourth-order valence-corrected chi connectivity index (χ4v) is 14.2. The van der Waals surface area contributed by atoms with Gasteiger partial charge in [-0.15, -0.1) is 0 Å². The third kappa shape index (κ3) is 9.18. The summed E-state index contributed by atoms with van der Waals surface area (Å²) in [6.45, 7) is 40.6. The summed E-state index contributed by atoms with van der Waals surface area (Å²) < 4.78 is 0. The zero-order chi connectivity index (χ0) is 42.8. The van der Waals surface area contributed by atoms with Gasteiger partial charge in [-0.05, 0) is 101 Å². The highest BCUT2D eigenvalue weighted by molar-refractivity contribution is 7.67. The minimum Gasteiger partial charge on any atom is -0.251 e. The summed E-state index contributed by atoms with van der Waals surface area (Å²) in [5.41, 5.74) is 13.9. The van der Waals surface area contributed by atoms with Gasteiger partial charge in [0.05, 0.1) is 17.0 Å². The Morgan fingerprint density at radius 2 is 1.05 bits per heavy atom. The van der Waals surface area contributed by atoms with Gasteiger partial charge >= 0.3 is 0 Å². The summed E-state index contributed by atoms with van der Waals surface area (Å²) >= 11 is 0. The molecule has 2 unspecified atom stereocenters. The Labute approximate surface area is 356 Å². The summed E-state index contributed by atoms with van der Waals surface area (Å²) in [5.74, 6) is 0. The predicted octanol–water partition coefficient (Wildman–Crippen LogP) is 14.6. The van der Waals surface area contributed by atoms with Gasteiger partial charge in [-0.25, -0.2) is 0 Å². The molecular weight excluding hydrogens is 737 g/mol. The first-order valence-corrected chi connectivity index (χ1v) is 24.0. The van der Waals surface area contributed by atoms with Crippen LogP contribution < -0.4 is 10.6 Å². The Balaban J connectivity index is 1.65. The second-order valence-electron chi connectivity index (χ2n) is 22.7. The van der Waals surface area contributed by atoms with Crippen molar-refractivity contribution in [2.75, 3.05) is 6.16 Å². The molecule has 6 rings (SSSR count). The van der Waals surface area contributed by atoms with Gasteiger partial charge in [-0.2, -0.15) is 0 Å². The quantitative estimate of drug-likeness (QED) is 0.156. The van der Waals surface area contributed by atoms with Crippen LogP contribution >= 0.6 is 16.1 Å². The van der Waals surface area contributed by atoms with E-state index < -0.39 is 7.92 Å². The lowest BCUT2D eigenvalue weighted by molar-refractivity contribution is 0.554. The Morgan fingerprint density at radius 3 is 1.55 bits per heavy atom. The number of nitrogens with zero attached hydrogens (tertiary/aromatic N) is 1. The van der Waals surface area contributed by atoms with Gasteiger partial charge in [-0.3, -0.25) is 4.98 Å². The maximum absolute atomic E-state index is 5.85. The first kappa shape index (κ1) is 44.2. The van der Waals surface area contributed by atoms with Crippen LogP contribution in [0.1, 0.15) is 179 Å². The van der Waals surface area contributed by atoms with Gasteiger partial charge in [-0.1, -0.05) is 225 Å². The Morgan fingerprint density at radius 1 is 0.569 bits per heavy atom. The molecule has 0 fully saturated rings. The van der Waals surface area contributed by atoms with Gasteiger partial charge in [0.1, 0.15) is 0 Å². The molecule has 1 aliphatic heterocycles. The third-order valence-electron chi connectivity index (χ3n) is 11.9. The van der Waals surface area contributed by atoms with Gasteiger partial charge in [0.15, 0.2) is 0 Å². The topological polar surface area (TPSA) is 12.9 Å². The van der Waals surface area contributed by atoms with Crippen molar-refractivity contribution in [2.24, 2.45) is 0 Å². The van der Waals surface area contributed by atoms with Crippen LogP contribution in [0, 0.1) is 0 Å². The number of pyridine rings is 1. The fourth-order valence-electron chi connectivity index (χ4n) is 8.47. The Bertz CT molecular complexity index is 2260. The zero-order valence-electron chi connectivity index (χ0n) is 38.9. The molecule has 2 heterocycles. The maximum Gasteiger partial charge on any atom is 0.0757 e. The van der Waals surface area contributed by atoms with Crippen molar-refractivity contribution in [2.45, 2.75) is 156 Å². The van der Waals surface area contributed by atoms with Crippen molar-refractivity contribution in [3.05, 3.63) is 159 Å². The molecule has 4 aromatic carbocycles. The minimum atomic E-state index is -0.662. The first-order chi connectivity index (χ1) is 26.7. The van der Waals surface area contributed by atoms with E-state index in [0.29, 0.717) is 0 Å². The van der Waals surface area contributed by atoms with Crippen LogP contribution in [-0.2, 0) is 32.5 Å². The summed E-state index contributed by atoms with van der Waals surface area (Å²) in [6, 6.07) is 39.4. The summed E-state index contributed by atoms with van der Waals surface area (Å²) in [4.78, 5) is 5.85. The molecule has 3 heteroatoms. The SMILES string of the molecule is CC(C)(C)c1cc(C(C)(C)C)c(P=C(c2ccccc2)c2cccc(C(c3ccccc3)P3CC(C)(C)c4cc(C(C)(C)C)cc(C(C)(C)C)c43)n2)c(C(C)(C)C)c1. The average Bonchev–Trinajstić information content (AvgIpc) is 3.38. The third-order valence-corrected chi connectivity index (χ3v) is 16.7. The normalized spacial score (nSPS) is 17.0. The maximum atomic E-state index is 5.85. The molecule has 0 spiro atoms. The second-order valence-corrected chi connectivity index (χ2v) is 26.0. The standard InChI is InChI=1S/C55H71NP2/c1-50(2,3)38-31-40(52(7,8)9)47(41(32-38)53(10,11)12)57-46(36-25-20-18-21-26-36)44-29-24-30-45(56-44)48(37-27-22-19-23-28-37)58-35-55(16,17)43-34-39(51(4,5)6)33-42(49(43)58)54(13,14)15/h18-34,48H,35H2,1-17H3. The van der Waals surface area contributed by atoms with Crippen LogP contribution in [0.5, 0.6) is 0 Å². The molecule has 1 aliphatic rings. The molecule has 0 amide bonds. The van der Waals surface area contributed by atoms with E-state index in [0.717, 1.165) is 11.9 Å². The summed E-state index contributed by atoms with van der Waals surface area (Å²) in [6.07, 6.45) is 1.14. The van der Waals surface area contributed by atoms with Crippen LogP contribution in [0.2, 0.25) is 0 Å². The molecule has 1 nitrogen and oxygen atoms in total. The van der Waals surface area contributed by atoms with E-state index in [1.807, 2.05) is 0 Å². The number of hydrogen-bond donors (Lipinski definition) is 0. The second kappa shape index (κ2) is 15.6. The number of hydrogen-bond acceptors (Lipinski definition) is 1. The number of rotatable bonds is 6. The summed E-state index contributed by atoms with van der Waals surface area (Å²) in [7, 11) is 0.523. The molecule has 5 aromatic rings. The van der Waals surface area contributed by atoms with Crippen molar-refractivity contribution in [1.82, 2.24) is 4.98 Å². The molecule has 0 saturated heterocycles. The number of aromatic nitrogens is 1. The zero-order valence-corrected chi connectivity index (χ0v) is 40.7. The van der Waals surface area contributed by atoms with E-state index >= 15 is 0 Å². The Hall–Kier alpha value is -3.37. The van der Waals surface area contributed by atoms with Crippen LogP contribution in [0.25, 0.3) is 0 Å². The van der Waals surface area contributed by atoms with Crippen molar-refractivity contribution in [3.63, 3.8) is 0 Å². The van der Waals surface area contributed by atoms with Gasteiger partial charge in [0.2, 0.25) is 0 Å². The molecular formula is C55H71NP2. The van der Waals surface area contributed by atoms with Crippen LogP contribution in [0.15, 0.2) is 103 Å². The van der Waals surface area contributed by atoms with Crippen molar-refractivity contribution < 1.29 is 0 Å². The lowest BCUT2D eigenvalue weighted by Crippen LogP contribution is -2.30. The van der Waals surface area contributed by atoms with Crippen molar-refractivity contribution in [1.29, 1.82) is 0 Å². The van der Waals surface area contributed by atoms with E-state index in [-0.39, 0.29) is 38.1 Å². The highest BCUT2D eigenvalue weighted by atomic mass is 31.1. The largest absolute Gasteiger partial charge is 0.251 e. The summed E-state index contributed by atoms with van der Waals surface area (Å²) in [5, 5.41) is 4.29. The molecule has 0 aliphatic carbocycles. The van der Waals surface area contributed by atoms with Gasteiger partial charge < -0.3 is 0 Å². The average molecular weight is 808 g/mol. The number of benzene rings is 4. The van der Waals surface area contributed by atoms with Crippen molar-refractivity contribution in [3.8, 4) is 0 Å². The number of fused-ring (bicyclic) bond motifs is 1. The molecule has 0 radical (unpaired) electrons. The smallest absolute Gasteiger partial charge is 0.0757 e. The van der Waals surface area contributed by atoms with E-state index in [1.165, 1.54) is 63.4 Å². The van der Waals surface area contributed by atoms with E-state index in [2.05, 4.69) is 221 Å². The van der Waals surface area contributed by atoms with Crippen molar-refractivity contribution >= 4 is 32.0 Å². The molecule has 0 bridgehead atoms. The lowest BCUT2D eigenvalue weighted by Gasteiger charge is -2.33. The highest BCUT2D eigenvalue weighted by Gasteiger charge is 2.45.